The second-order valence-corrected chi connectivity index (χ2v) is 4.52. The molecule has 0 fully saturated rings. The van der Waals surface area contributed by atoms with Crippen molar-refractivity contribution in [1.29, 1.82) is 0 Å². The largest absolute Gasteiger partial charge is 0.399 e. The zero-order valence-corrected chi connectivity index (χ0v) is 9.24. The number of anilines is 1. The van der Waals surface area contributed by atoms with Gasteiger partial charge in [-0.1, -0.05) is 12.1 Å². The first-order valence-corrected chi connectivity index (χ1v) is 5.71. The van der Waals surface area contributed by atoms with Crippen LogP contribution in [0.3, 0.4) is 0 Å². The van der Waals surface area contributed by atoms with Crippen LogP contribution in [0.1, 0.15) is 0 Å². The van der Waals surface area contributed by atoms with Crippen LogP contribution in [-0.2, 0) is 0 Å². The Kier molecular flexibility index (Phi) is 2.08. The number of thiazole rings is 1. The maximum absolute atomic E-state index is 5.75. The number of hydrogen-bond acceptors (Lipinski definition) is 4. The number of benzene rings is 1. The zero-order valence-electron chi connectivity index (χ0n) is 8.42. The van der Waals surface area contributed by atoms with Gasteiger partial charge in [-0.3, -0.25) is 4.98 Å². The van der Waals surface area contributed by atoms with E-state index in [2.05, 4.69) is 9.97 Å². The third-order valence-electron chi connectivity index (χ3n) is 2.32. The van der Waals surface area contributed by atoms with Crippen molar-refractivity contribution in [2.24, 2.45) is 0 Å². The smallest absolute Gasteiger partial charge is 0.124 e. The lowest BCUT2D eigenvalue weighted by molar-refractivity contribution is 1.34. The van der Waals surface area contributed by atoms with Crippen molar-refractivity contribution in [1.82, 2.24) is 9.97 Å². The molecule has 0 spiro atoms. The summed E-state index contributed by atoms with van der Waals surface area (Å²) < 4.78 is 1.15. The Morgan fingerprint density at radius 1 is 1.19 bits per heavy atom. The number of nitrogen functional groups attached to an aromatic ring is 1. The zero-order chi connectivity index (χ0) is 11.0. The lowest BCUT2D eigenvalue weighted by Crippen LogP contribution is -1.84. The fourth-order valence-electron chi connectivity index (χ4n) is 1.58. The Hall–Kier alpha value is -1.94. The van der Waals surface area contributed by atoms with Gasteiger partial charge in [0.2, 0.25) is 0 Å². The number of hydrogen-bond donors (Lipinski definition) is 1. The number of aromatic nitrogens is 2. The summed E-state index contributed by atoms with van der Waals surface area (Å²) in [6.07, 6.45) is 3.56. The Bertz CT molecular complexity index is 612. The number of pyridine rings is 1. The number of nitrogens with two attached hydrogens (primary N) is 1. The maximum atomic E-state index is 5.75. The van der Waals surface area contributed by atoms with Crippen LogP contribution in [0.4, 0.5) is 5.69 Å². The van der Waals surface area contributed by atoms with Crippen molar-refractivity contribution >= 4 is 27.2 Å². The van der Waals surface area contributed by atoms with Gasteiger partial charge in [-0.25, -0.2) is 4.98 Å². The van der Waals surface area contributed by atoms with Crippen LogP contribution in [0.25, 0.3) is 20.8 Å². The minimum absolute atomic E-state index is 0.759. The maximum Gasteiger partial charge on any atom is 0.124 e. The van der Waals surface area contributed by atoms with Gasteiger partial charge in [-0.2, -0.15) is 0 Å². The van der Waals surface area contributed by atoms with Crippen molar-refractivity contribution in [3.63, 3.8) is 0 Å². The van der Waals surface area contributed by atoms with Crippen LogP contribution >= 0.6 is 11.3 Å². The molecule has 0 amide bonds. The standard InChI is InChI=1S/C12H9N3S/c13-9-3-1-2-8(6-9)12-15-10-7-14-5-4-11(10)16-12/h1-7H,13H2. The highest BCUT2D eigenvalue weighted by atomic mass is 32.1. The van der Waals surface area contributed by atoms with Crippen LogP contribution in [-0.4, -0.2) is 9.97 Å². The molecule has 3 aromatic rings. The van der Waals surface area contributed by atoms with E-state index in [1.807, 2.05) is 30.3 Å². The van der Waals surface area contributed by atoms with Crippen molar-refractivity contribution in [3.05, 3.63) is 42.7 Å². The number of fused-ring (bicyclic) bond motifs is 1. The molecule has 4 heteroatoms. The van der Waals surface area contributed by atoms with Gasteiger partial charge in [0.25, 0.3) is 0 Å². The highest BCUT2D eigenvalue weighted by Gasteiger charge is 2.05. The minimum Gasteiger partial charge on any atom is -0.399 e. The Labute approximate surface area is 96.6 Å². The van der Waals surface area contributed by atoms with Crippen molar-refractivity contribution in [2.75, 3.05) is 5.73 Å². The van der Waals surface area contributed by atoms with Crippen LogP contribution in [0, 0.1) is 0 Å². The molecule has 0 atom stereocenters. The second kappa shape index (κ2) is 3.57. The predicted octanol–water partition coefficient (Wildman–Crippen LogP) is 2.94. The SMILES string of the molecule is Nc1cccc(-c2nc3cnccc3s2)c1. The summed E-state index contributed by atoms with van der Waals surface area (Å²) >= 11 is 1.65. The van der Waals surface area contributed by atoms with Crippen LogP contribution in [0.15, 0.2) is 42.7 Å². The van der Waals surface area contributed by atoms with Crippen molar-refractivity contribution < 1.29 is 0 Å². The molecular formula is C12H9N3S. The molecule has 0 saturated heterocycles. The fourth-order valence-corrected chi connectivity index (χ4v) is 2.50. The summed E-state index contributed by atoms with van der Waals surface area (Å²) in [7, 11) is 0. The topological polar surface area (TPSA) is 51.8 Å². The van der Waals surface area contributed by atoms with Gasteiger partial charge in [0.05, 0.1) is 10.9 Å². The number of rotatable bonds is 1. The molecule has 3 rings (SSSR count). The third-order valence-corrected chi connectivity index (χ3v) is 3.41. The summed E-state index contributed by atoms with van der Waals surface area (Å²) in [6, 6.07) is 9.74. The van der Waals surface area contributed by atoms with Crippen LogP contribution in [0.5, 0.6) is 0 Å². The van der Waals surface area contributed by atoms with Gasteiger partial charge >= 0.3 is 0 Å². The molecule has 1 aromatic carbocycles. The van der Waals surface area contributed by atoms with Gasteiger partial charge < -0.3 is 5.73 Å². The lowest BCUT2D eigenvalue weighted by atomic mass is 10.2. The molecule has 2 aromatic heterocycles. The van der Waals surface area contributed by atoms with E-state index < -0.39 is 0 Å². The predicted molar refractivity (Wildman–Crippen MR) is 67.3 cm³/mol. The average molecular weight is 227 g/mol. The summed E-state index contributed by atoms with van der Waals surface area (Å²) in [4.78, 5) is 8.58. The van der Waals surface area contributed by atoms with Crippen LogP contribution in [0.2, 0.25) is 0 Å². The van der Waals surface area contributed by atoms with Gasteiger partial charge in [-0.15, -0.1) is 11.3 Å². The summed E-state index contributed by atoms with van der Waals surface area (Å²) in [5.41, 5.74) is 8.51. The van der Waals surface area contributed by atoms with Gasteiger partial charge in [0, 0.05) is 17.4 Å². The van der Waals surface area contributed by atoms with Crippen molar-refractivity contribution in [3.8, 4) is 10.6 Å². The summed E-state index contributed by atoms with van der Waals surface area (Å²) in [5, 5.41) is 0.982. The van der Waals surface area contributed by atoms with Gasteiger partial charge in [0.1, 0.15) is 10.5 Å². The van der Waals surface area contributed by atoms with E-state index in [0.717, 1.165) is 26.5 Å². The molecular weight excluding hydrogens is 218 g/mol. The minimum atomic E-state index is 0.759. The van der Waals surface area contributed by atoms with E-state index in [-0.39, 0.29) is 0 Å². The first-order valence-electron chi connectivity index (χ1n) is 4.89. The second-order valence-electron chi connectivity index (χ2n) is 3.49. The van der Waals surface area contributed by atoms with E-state index in [0.29, 0.717) is 0 Å². The highest BCUT2D eigenvalue weighted by Crippen LogP contribution is 2.30. The van der Waals surface area contributed by atoms with E-state index in [1.165, 1.54) is 0 Å². The molecule has 0 saturated carbocycles. The third kappa shape index (κ3) is 1.53. The van der Waals surface area contributed by atoms with Gasteiger partial charge in [-0.05, 0) is 18.2 Å². The molecule has 78 valence electrons. The van der Waals surface area contributed by atoms with Gasteiger partial charge in [0.15, 0.2) is 0 Å². The van der Waals surface area contributed by atoms with E-state index >= 15 is 0 Å². The molecule has 0 aliphatic carbocycles. The highest BCUT2D eigenvalue weighted by molar-refractivity contribution is 7.21. The van der Waals surface area contributed by atoms with Crippen molar-refractivity contribution in [2.45, 2.75) is 0 Å². The van der Waals surface area contributed by atoms with E-state index in [9.17, 15) is 0 Å². The molecule has 0 aliphatic rings. The average Bonchev–Trinajstić information content (AvgIpc) is 2.72. The molecule has 16 heavy (non-hydrogen) atoms. The first-order chi connectivity index (χ1) is 7.83. The molecule has 0 bridgehead atoms. The lowest BCUT2D eigenvalue weighted by Gasteiger charge is -1.96. The molecule has 2 heterocycles. The van der Waals surface area contributed by atoms with E-state index in [1.54, 1.807) is 23.7 Å². The molecule has 2 N–H and O–H groups in total. The fraction of sp³-hybridized carbons (Fsp3) is 0. The normalized spacial score (nSPS) is 10.8. The quantitative estimate of drug-likeness (QED) is 0.650. The molecule has 3 nitrogen and oxygen atoms in total. The van der Waals surface area contributed by atoms with E-state index in [4.69, 9.17) is 5.73 Å². The molecule has 0 unspecified atom stereocenters. The molecule has 0 radical (unpaired) electrons. The first kappa shape index (κ1) is 9.30. The molecule has 0 aliphatic heterocycles. The Morgan fingerprint density at radius 2 is 2.12 bits per heavy atom. The summed E-state index contributed by atoms with van der Waals surface area (Å²) in [5.74, 6) is 0. The van der Waals surface area contributed by atoms with Crippen LogP contribution < -0.4 is 5.73 Å². The Morgan fingerprint density at radius 3 is 2.94 bits per heavy atom. The monoisotopic (exact) mass is 227 g/mol. The number of nitrogens with zero attached hydrogens (tertiary/aromatic N) is 2. The Balaban J connectivity index is 2.19. The summed E-state index contributed by atoms with van der Waals surface area (Å²) in [6.45, 7) is 0.